The molecule has 0 aromatic rings. The van der Waals surface area contributed by atoms with E-state index in [2.05, 4.69) is 63.3 Å². The Morgan fingerprint density at radius 1 is 0.800 bits per heavy atom. The summed E-state index contributed by atoms with van der Waals surface area (Å²) in [5.41, 5.74) is 0. The van der Waals surface area contributed by atoms with Gasteiger partial charge in [-0.3, -0.25) is 0 Å². The first-order chi connectivity index (χ1) is 4.85. The van der Waals surface area contributed by atoms with E-state index >= 15 is 0 Å². The van der Waals surface area contributed by atoms with E-state index in [-0.39, 0.29) is 0 Å². The van der Waals surface area contributed by atoms with Crippen molar-refractivity contribution < 1.29 is 16.7 Å². The van der Waals surface area contributed by atoms with E-state index < -0.39 is 16.7 Å². The van der Waals surface area contributed by atoms with Crippen LogP contribution in [0.15, 0.2) is 11.2 Å². The van der Waals surface area contributed by atoms with Crippen molar-refractivity contribution >= 4 is 52.1 Å². The first kappa shape index (κ1) is 10.0. The average molecular weight is 275 g/mol. The summed E-state index contributed by atoms with van der Waals surface area (Å²) in [7, 11) is 0. The molecule has 10 heavy (non-hydrogen) atoms. The van der Waals surface area contributed by atoms with Gasteiger partial charge in [0.05, 0.1) is 0 Å². The standard InChI is InChI=1S/3CNS.Ru/c3*2-1-3;/q3*-1;+2. The summed E-state index contributed by atoms with van der Waals surface area (Å²) in [6.45, 7) is 0. The van der Waals surface area contributed by atoms with Crippen LogP contribution in [0.3, 0.4) is 0 Å². The molecule has 0 aliphatic rings. The van der Waals surface area contributed by atoms with E-state index in [0.717, 1.165) is 0 Å². The minimum absolute atomic E-state index is 2.04. The molecular formula is C3N3RuS3-. The second-order valence-electron chi connectivity index (χ2n) is 0.723. The van der Waals surface area contributed by atoms with Gasteiger partial charge in [0.1, 0.15) is 0 Å². The summed E-state index contributed by atoms with van der Waals surface area (Å²) in [6, 6.07) is 0. The SMILES string of the molecule is S=C=[N][Ru-]([N]=C=S)[N]=C=S. The maximum atomic E-state index is 4.33. The number of hydrogen-bond acceptors (Lipinski definition) is 6. The number of rotatable bonds is 3. The first-order valence-corrected chi connectivity index (χ1v) is 5.31. The fourth-order valence-electron chi connectivity index (χ4n) is 0.140. The average Bonchev–Trinajstić information content (AvgIpc) is 1.90. The molecule has 0 N–H and O–H groups in total. The second-order valence-corrected chi connectivity index (χ2v) is 3.48. The van der Waals surface area contributed by atoms with Crippen LogP contribution >= 0.6 is 36.7 Å². The number of thiocarbonyl (C=S) groups is 3. The van der Waals surface area contributed by atoms with Crippen molar-refractivity contribution in [2.45, 2.75) is 0 Å². The van der Waals surface area contributed by atoms with Crippen LogP contribution in [0, 0.1) is 0 Å². The first-order valence-electron chi connectivity index (χ1n) is 1.76. The molecule has 0 fully saturated rings. The van der Waals surface area contributed by atoms with Gasteiger partial charge < -0.3 is 0 Å². The summed E-state index contributed by atoms with van der Waals surface area (Å²) in [6.07, 6.45) is 0. The van der Waals surface area contributed by atoms with Crippen molar-refractivity contribution in [3.05, 3.63) is 0 Å². The van der Waals surface area contributed by atoms with Gasteiger partial charge in [-0.1, -0.05) is 0 Å². The van der Waals surface area contributed by atoms with Gasteiger partial charge in [-0.25, -0.2) is 0 Å². The van der Waals surface area contributed by atoms with Crippen molar-refractivity contribution in [3.63, 3.8) is 0 Å². The molecule has 0 heterocycles. The minimum atomic E-state index is -2.04. The third-order valence-electron chi connectivity index (χ3n) is 0.309. The Bertz CT molecular complexity index is 203. The van der Waals surface area contributed by atoms with Crippen molar-refractivity contribution in [2.75, 3.05) is 0 Å². The van der Waals surface area contributed by atoms with Crippen LogP contribution in [-0.2, 0) is 16.7 Å². The van der Waals surface area contributed by atoms with Gasteiger partial charge in [0.2, 0.25) is 0 Å². The van der Waals surface area contributed by atoms with Crippen LogP contribution in [0.1, 0.15) is 0 Å². The Morgan fingerprint density at radius 3 is 1.30 bits per heavy atom. The molecule has 0 amide bonds. The van der Waals surface area contributed by atoms with Gasteiger partial charge >= 0.3 is 80.0 Å². The molecule has 0 atom stereocenters. The molecular weight excluding hydrogens is 275 g/mol. The van der Waals surface area contributed by atoms with E-state index in [4.69, 9.17) is 0 Å². The monoisotopic (exact) mass is 276 g/mol. The molecule has 0 aliphatic carbocycles. The zero-order valence-electron chi connectivity index (χ0n) is 4.42. The quantitative estimate of drug-likeness (QED) is 0.446. The van der Waals surface area contributed by atoms with Crippen LogP contribution in [0.5, 0.6) is 0 Å². The van der Waals surface area contributed by atoms with E-state index in [1.807, 2.05) is 0 Å². The van der Waals surface area contributed by atoms with E-state index in [1.165, 1.54) is 0 Å². The third kappa shape index (κ3) is 4.86. The van der Waals surface area contributed by atoms with E-state index in [1.54, 1.807) is 0 Å². The fraction of sp³-hybridized carbons (Fsp3) is 0. The molecule has 0 saturated carbocycles. The Kier molecular flexibility index (Phi) is 7.15. The van der Waals surface area contributed by atoms with Crippen LogP contribution < -0.4 is 0 Å². The van der Waals surface area contributed by atoms with Crippen molar-refractivity contribution in [1.82, 2.24) is 0 Å². The summed E-state index contributed by atoms with van der Waals surface area (Å²) in [5.74, 6) is 0. The maximum absolute atomic E-state index is 4.33. The fourth-order valence-corrected chi connectivity index (χ4v) is 1.85. The number of hydrogen-bond donors (Lipinski definition) is 0. The predicted molar refractivity (Wildman–Crippen MR) is 45.1 cm³/mol. The molecule has 0 unspecified atom stereocenters. The molecule has 0 saturated heterocycles. The summed E-state index contributed by atoms with van der Waals surface area (Å²) in [5, 5.41) is 6.45. The van der Waals surface area contributed by atoms with Crippen LogP contribution in [-0.4, -0.2) is 15.5 Å². The molecule has 0 radical (unpaired) electrons. The topological polar surface area (TPSA) is 37.1 Å². The van der Waals surface area contributed by atoms with Gasteiger partial charge in [-0.05, 0) is 0 Å². The Labute approximate surface area is 79.7 Å². The third-order valence-corrected chi connectivity index (χ3v) is 2.97. The summed E-state index contributed by atoms with van der Waals surface area (Å²) < 4.78 is 10.9. The van der Waals surface area contributed by atoms with Crippen LogP contribution in [0.2, 0.25) is 0 Å². The molecule has 0 spiro atoms. The predicted octanol–water partition coefficient (Wildman–Crippen LogP) is 1.66. The zero-order valence-corrected chi connectivity index (χ0v) is 8.61. The summed E-state index contributed by atoms with van der Waals surface area (Å²) >= 11 is 11.0. The molecule has 54 valence electrons. The normalized spacial score (nSPS) is 7.80. The van der Waals surface area contributed by atoms with Crippen molar-refractivity contribution in [3.8, 4) is 0 Å². The molecule has 0 aromatic carbocycles. The number of nitrogens with zero attached hydrogens (tertiary/aromatic N) is 3. The van der Waals surface area contributed by atoms with Gasteiger partial charge in [0, 0.05) is 0 Å². The van der Waals surface area contributed by atoms with Gasteiger partial charge in [-0.15, -0.1) is 0 Å². The molecule has 3 nitrogen and oxygen atoms in total. The Morgan fingerprint density at radius 2 is 1.10 bits per heavy atom. The zero-order chi connectivity index (χ0) is 7.82. The van der Waals surface area contributed by atoms with E-state index in [9.17, 15) is 0 Å². The van der Waals surface area contributed by atoms with Crippen molar-refractivity contribution in [2.24, 2.45) is 11.2 Å². The molecule has 0 rings (SSSR count). The number of isothiocyanates is 3. The second kappa shape index (κ2) is 7.13. The van der Waals surface area contributed by atoms with Gasteiger partial charge in [0.25, 0.3) is 0 Å². The Balaban J connectivity index is 4.39. The molecule has 0 aromatic heterocycles. The molecule has 7 heteroatoms. The Hall–Kier alpha value is 0.0234. The van der Waals surface area contributed by atoms with Gasteiger partial charge in [-0.2, -0.15) is 0 Å². The molecule has 0 aliphatic heterocycles. The van der Waals surface area contributed by atoms with Crippen molar-refractivity contribution in [1.29, 1.82) is 0 Å². The molecule has 0 bridgehead atoms. The van der Waals surface area contributed by atoms with Crippen LogP contribution in [0.4, 0.5) is 0 Å². The summed E-state index contributed by atoms with van der Waals surface area (Å²) in [4.78, 5) is 0. The van der Waals surface area contributed by atoms with Crippen LogP contribution in [0.25, 0.3) is 0 Å². The van der Waals surface area contributed by atoms with Gasteiger partial charge in [0.15, 0.2) is 0 Å². The van der Waals surface area contributed by atoms with E-state index in [0.29, 0.717) is 0 Å².